The van der Waals surface area contributed by atoms with Gasteiger partial charge in [-0.05, 0) is 61.4 Å². The van der Waals surface area contributed by atoms with Gasteiger partial charge in [0, 0.05) is 54.5 Å². The first-order chi connectivity index (χ1) is 25.2. The van der Waals surface area contributed by atoms with Gasteiger partial charge in [0.05, 0.1) is 48.1 Å². The van der Waals surface area contributed by atoms with Crippen LogP contribution in [0.25, 0.3) is 22.4 Å². The minimum absolute atomic E-state index is 0.0528. The molecule has 280 valence electrons. The van der Waals surface area contributed by atoms with E-state index in [4.69, 9.17) is 26.1 Å². The maximum absolute atomic E-state index is 14.5. The van der Waals surface area contributed by atoms with Gasteiger partial charge in [0.25, 0.3) is 0 Å². The number of nitrogens with zero attached hydrogens (tertiary/aromatic N) is 3. The first kappa shape index (κ1) is 36.9. The SMILES string of the molecule is COc1nc(-c2cccc(-c3cccc4c3CC[C@@H]4Nc3nc(OC)c(CN4CC(C(=O)O)C4)cc3C(F)(F)F)c2Cl)ccc1CNC1CC(C)(O)C1. The Kier molecular flexibility index (Phi) is 10.0. The molecule has 4 N–H and O–H groups in total. The Labute approximate surface area is 310 Å². The summed E-state index contributed by atoms with van der Waals surface area (Å²) in [6.07, 6.45) is -2.19. The third-order valence-corrected chi connectivity index (χ3v) is 10.9. The van der Waals surface area contributed by atoms with Crippen LogP contribution < -0.4 is 20.1 Å². The molecule has 4 aromatic rings. The van der Waals surface area contributed by atoms with E-state index in [1.165, 1.54) is 7.11 Å². The zero-order valence-electron chi connectivity index (χ0n) is 29.6. The molecule has 53 heavy (non-hydrogen) atoms. The summed E-state index contributed by atoms with van der Waals surface area (Å²) in [4.78, 5) is 22.1. The van der Waals surface area contributed by atoms with Crippen LogP contribution in [0.15, 0.2) is 54.6 Å². The van der Waals surface area contributed by atoms with E-state index in [-0.39, 0.29) is 42.9 Å². The highest BCUT2D eigenvalue weighted by atomic mass is 35.5. The normalized spacial score (nSPS) is 21.4. The number of carboxylic acids is 1. The smallest absolute Gasteiger partial charge is 0.419 e. The standard InChI is InChI=1S/C39H41ClF3N5O5/c1-38(51)15-24(16-38)44-17-21-10-12-32(46-35(21)52-2)29-9-5-8-28(33(29)40)25-6-4-7-27-26(25)11-13-31(27)45-34-30(39(41,42)43)14-22(36(47-34)53-3)18-48-19-23(20-48)37(49)50/h4-10,12,14,23-24,31,44,51H,11,13,15-20H2,1-3H3,(H,45,47)(H,49,50)/t24?,31-,38?/m0/s1. The largest absolute Gasteiger partial charge is 0.481 e. The van der Waals surface area contributed by atoms with Crippen LogP contribution in [0.5, 0.6) is 11.8 Å². The van der Waals surface area contributed by atoms with Crippen molar-refractivity contribution in [1.29, 1.82) is 0 Å². The average molecular weight is 752 g/mol. The average Bonchev–Trinajstić information content (AvgIpc) is 3.50. The molecule has 2 aliphatic carbocycles. The van der Waals surface area contributed by atoms with Crippen molar-refractivity contribution in [1.82, 2.24) is 20.2 Å². The summed E-state index contributed by atoms with van der Waals surface area (Å²) in [5.74, 6) is -1.27. The third kappa shape index (κ3) is 7.53. The quantitative estimate of drug-likeness (QED) is 0.119. The second-order valence-corrected chi connectivity index (χ2v) is 14.8. The lowest BCUT2D eigenvalue weighted by molar-refractivity contribution is -0.147. The van der Waals surface area contributed by atoms with Crippen molar-refractivity contribution >= 4 is 23.4 Å². The monoisotopic (exact) mass is 751 g/mol. The molecule has 0 amide bonds. The lowest BCUT2D eigenvalue weighted by atomic mass is 9.77. The summed E-state index contributed by atoms with van der Waals surface area (Å²) < 4.78 is 54.5. The zero-order valence-corrected chi connectivity index (χ0v) is 30.3. The van der Waals surface area contributed by atoms with E-state index >= 15 is 0 Å². The van der Waals surface area contributed by atoms with Crippen molar-refractivity contribution in [2.45, 2.75) is 69.6 Å². The topological polar surface area (TPSA) is 129 Å². The molecule has 2 fully saturated rings. The number of fused-ring (bicyclic) bond motifs is 1. The molecular formula is C39H41ClF3N5O5. The second kappa shape index (κ2) is 14.4. The van der Waals surface area contributed by atoms with Crippen molar-refractivity contribution in [3.63, 3.8) is 0 Å². The molecule has 1 atom stereocenters. The number of aliphatic carboxylic acids is 1. The minimum Gasteiger partial charge on any atom is -0.481 e. The molecule has 0 unspecified atom stereocenters. The molecule has 0 spiro atoms. The van der Waals surface area contributed by atoms with Crippen LogP contribution in [0.1, 0.15) is 60.0 Å². The van der Waals surface area contributed by atoms with Gasteiger partial charge >= 0.3 is 12.1 Å². The lowest BCUT2D eigenvalue weighted by Gasteiger charge is -2.41. The van der Waals surface area contributed by atoms with E-state index in [1.807, 2.05) is 55.5 Å². The number of carboxylic acid groups (broad SMARTS) is 1. The Balaban J connectivity index is 1.13. The van der Waals surface area contributed by atoms with Gasteiger partial charge in [-0.3, -0.25) is 9.69 Å². The third-order valence-electron chi connectivity index (χ3n) is 10.5. The van der Waals surface area contributed by atoms with E-state index in [0.29, 0.717) is 54.4 Å². The van der Waals surface area contributed by atoms with Gasteiger partial charge < -0.3 is 30.3 Å². The van der Waals surface area contributed by atoms with Crippen molar-refractivity contribution in [3.05, 3.63) is 87.4 Å². The predicted octanol–water partition coefficient (Wildman–Crippen LogP) is 7.12. The number of benzene rings is 2. The number of hydrogen-bond acceptors (Lipinski definition) is 9. The van der Waals surface area contributed by atoms with E-state index in [2.05, 4.69) is 15.6 Å². The van der Waals surface area contributed by atoms with Gasteiger partial charge in [0.1, 0.15) is 5.82 Å². The van der Waals surface area contributed by atoms with Crippen molar-refractivity contribution < 1.29 is 37.7 Å². The Morgan fingerprint density at radius 1 is 1.00 bits per heavy atom. The fourth-order valence-electron chi connectivity index (χ4n) is 7.74. The van der Waals surface area contributed by atoms with E-state index in [1.54, 1.807) is 12.0 Å². The Morgan fingerprint density at radius 3 is 2.36 bits per heavy atom. The summed E-state index contributed by atoms with van der Waals surface area (Å²) in [7, 11) is 2.93. The summed E-state index contributed by atoms with van der Waals surface area (Å²) in [6, 6.07) is 16.1. The lowest BCUT2D eigenvalue weighted by Crippen LogP contribution is -2.51. The molecule has 1 saturated carbocycles. The molecule has 14 heteroatoms. The number of anilines is 1. The fraction of sp³-hybridized carbons (Fsp3) is 0.410. The number of rotatable bonds is 12. The van der Waals surface area contributed by atoms with E-state index in [0.717, 1.165) is 33.9 Å². The molecule has 0 radical (unpaired) electrons. The summed E-state index contributed by atoms with van der Waals surface area (Å²) in [6.45, 7) is 2.96. The molecule has 1 aliphatic heterocycles. The Bertz CT molecular complexity index is 2030. The Hall–Kier alpha value is -4.43. The predicted molar refractivity (Wildman–Crippen MR) is 194 cm³/mol. The van der Waals surface area contributed by atoms with Crippen LogP contribution in [0, 0.1) is 5.92 Å². The molecule has 2 aromatic heterocycles. The van der Waals surface area contributed by atoms with Gasteiger partial charge in [0.2, 0.25) is 11.8 Å². The number of likely N-dealkylation sites (tertiary alicyclic amines) is 1. The van der Waals surface area contributed by atoms with Crippen molar-refractivity contribution in [3.8, 4) is 34.1 Å². The number of methoxy groups -OCH3 is 2. The molecule has 3 aliphatic rings. The molecule has 0 bridgehead atoms. The van der Waals surface area contributed by atoms with Gasteiger partial charge in [-0.2, -0.15) is 18.2 Å². The molecule has 10 nitrogen and oxygen atoms in total. The highest BCUT2D eigenvalue weighted by molar-refractivity contribution is 6.36. The zero-order chi connectivity index (χ0) is 37.7. The van der Waals surface area contributed by atoms with Gasteiger partial charge in [-0.25, -0.2) is 4.98 Å². The number of aliphatic hydroxyl groups is 1. The maximum Gasteiger partial charge on any atom is 0.419 e. The molecule has 2 aromatic carbocycles. The van der Waals surface area contributed by atoms with E-state index < -0.39 is 35.3 Å². The van der Waals surface area contributed by atoms with Crippen LogP contribution in [-0.2, 0) is 30.5 Å². The first-order valence-electron chi connectivity index (χ1n) is 17.5. The van der Waals surface area contributed by atoms with Crippen LogP contribution >= 0.6 is 11.6 Å². The Morgan fingerprint density at radius 2 is 1.68 bits per heavy atom. The number of nitrogens with one attached hydrogen (secondary N) is 2. The highest BCUT2D eigenvalue weighted by Crippen LogP contribution is 2.45. The summed E-state index contributed by atoms with van der Waals surface area (Å²) in [5, 5.41) is 26.3. The number of aromatic nitrogens is 2. The molecule has 7 rings (SSSR count). The van der Waals surface area contributed by atoms with Crippen LogP contribution in [-0.4, -0.2) is 70.0 Å². The maximum atomic E-state index is 14.5. The fourth-order valence-corrected chi connectivity index (χ4v) is 8.07. The first-order valence-corrected chi connectivity index (χ1v) is 17.9. The van der Waals surface area contributed by atoms with Crippen LogP contribution in [0.4, 0.5) is 19.0 Å². The van der Waals surface area contributed by atoms with E-state index in [9.17, 15) is 28.2 Å². The second-order valence-electron chi connectivity index (χ2n) is 14.4. The minimum atomic E-state index is -4.70. The number of halogens is 4. The van der Waals surface area contributed by atoms with Gasteiger partial charge in [0.15, 0.2) is 0 Å². The number of ether oxygens (including phenoxy) is 2. The number of pyridine rings is 2. The number of carbonyl (C=O) groups is 1. The summed E-state index contributed by atoms with van der Waals surface area (Å²) in [5.41, 5.74) is 4.43. The molecule has 3 heterocycles. The molecule has 1 saturated heterocycles. The van der Waals surface area contributed by atoms with Crippen molar-refractivity contribution in [2.24, 2.45) is 5.92 Å². The van der Waals surface area contributed by atoms with Gasteiger partial charge in [-0.15, -0.1) is 0 Å². The van der Waals surface area contributed by atoms with Crippen molar-refractivity contribution in [2.75, 3.05) is 32.6 Å². The molecular weight excluding hydrogens is 711 g/mol. The number of hydrogen-bond donors (Lipinski definition) is 4. The highest BCUT2D eigenvalue weighted by Gasteiger charge is 2.40. The number of alkyl halides is 3. The van der Waals surface area contributed by atoms with Gasteiger partial charge in [-0.1, -0.05) is 54.1 Å². The van der Waals surface area contributed by atoms with Crippen LogP contribution in [0.3, 0.4) is 0 Å². The van der Waals surface area contributed by atoms with Crippen LogP contribution in [0.2, 0.25) is 5.02 Å². The summed E-state index contributed by atoms with van der Waals surface area (Å²) >= 11 is 7.12.